The van der Waals surface area contributed by atoms with Gasteiger partial charge in [-0.25, -0.2) is 4.42 Å². The van der Waals surface area contributed by atoms with Gasteiger partial charge in [-0.05, 0) is 35.1 Å². The molecule has 24 heavy (non-hydrogen) atoms. The number of benzene rings is 1. The van der Waals surface area contributed by atoms with Crippen LogP contribution in [0.5, 0.6) is 0 Å². The predicted molar refractivity (Wildman–Crippen MR) is 84.3 cm³/mol. The first-order valence-electron chi connectivity index (χ1n) is 7.53. The fraction of sp³-hybridized carbons (Fsp3) is 0.412. The van der Waals surface area contributed by atoms with E-state index in [4.69, 9.17) is 16.5 Å². The lowest BCUT2D eigenvalue weighted by molar-refractivity contribution is -0.278. The molecule has 3 rings (SSSR count). The molecule has 1 aromatic carbocycles. The molecule has 0 bridgehead atoms. The predicted octanol–water partition coefficient (Wildman–Crippen LogP) is 3.71. The molecule has 1 N–H and O–H groups in total. The maximum absolute atomic E-state index is 13.7. The van der Waals surface area contributed by atoms with Gasteiger partial charge in [-0.1, -0.05) is 30.3 Å². The first-order valence-corrected chi connectivity index (χ1v) is 7.87. The minimum absolute atomic E-state index is 0.0878. The van der Waals surface area contributed by atoms with Gasteiger partial charge in [0.05, 0.1) is 0 Å². The van der Waals surface area contributed by atoms with Crippen LogP contribution < -0.4 is 0 Å². The summed E-state index contributed by atoms with van der Waals surface area (Å²) >= 11 is 5.68. The van der Waals surface area contributed by atoms with E-state index in [2.05, 4.69) is 0 Å². The van der Waals surface area contributed by atoms with E-state index < -0.39 is 23.6 Å². The van der Waals surface area contributed by atoms with E-state index in [-0.39, 0.29) is 12.2 Å². The Balaban J connectivity index is 1.95. The number of aliphatic hydroxyl groups is 1. The van der Waals surface area contributed by atoms with Crippen LogP contribution in [-0.4, -0.2) is 35.9 Å². The summed E-state index contributed by atoms with van der Waals surface area (Å²) in [6.07, 6.45) is -0.112. The van der Waals surface area contributed by atoms with Crippen molar-refractivity contribution >= 4 is 11.8 Å². The van der Waals surface area contributed by atoms with Gasteiger partial charge in [-0.15, -0.1) is 0 Å². The minimum atomic E-state index is -4.79. The molecule has 130 valence electrons. The highest BCUT2D eigenvalue weighted by Gasteiger charge is 2.65. The van der Waals surface area contributed by atoms with Crippen molar-refractivity contribution in [2.75, 3.05) is 20.2 Å². The Kier molecular flexibility index (Phi) is 4.40. The minimum Gasteiger partial charge on any atom is -0.493 e. The Bertz CT molecular complexity index is 687. The number of nitrogens with zero attached hydrogens (tertiary/aromatic N) is 1. The Morgan fingerprint density at radius 2 is 2.04 bits per heavy atom. The fourth-order valence-corrected chi connectivity index (χ4v) is 3.44. The number of likely N-dealkylation sites (N-methyl/N-ethyl adjacent to an activating group) is 1. The lowest BCUT2D eigenvalue weighted by Crippen LogP contribution is -2.46. The van der Waals surface area contributed by atoms with Gasteiger partial charge < -0.3 is 9.84 Å². The van der Waals surface area contributed by atoms with Gasteiger partial charge in [0, 0.05) is 25.4 Å². The molecule has 0 aliphatic heterocycles. The lowest BCUT2D eigenvalue weighted by Gasteiger charge is -2.34. The molecule has 7 heteroatoms. The highest BCUT2D eigenvalue weighted by Crippen LogP contribution is 2.58. The molecule has 0 saturated carbocycles. The molecule has 0 amide bonds. The topological polar surface area (TPSA) is 32.7 Å². The molecule has 0 heterocycles. The first-order chi connectivity index (χ1) is 11.2. The van der Waals surface area contributed by atoms with E-state index in [1.54, 1.807) is 31.3 Å². The molecular weight excluding hydrogens is 343 g/mol. The van der Waals surface area contributed by atoms with E-state index in [1.165, 1.54) is 22.6 Å². The second kappa shape index (κ2) is 6.10. The maximum Gasteiger partial charge on any atom is 0.422 e. The number of allylic oxidation sites excluding steroid dienone is 2. The molecule has 0 spiro atoms. The van der Waals surface area contributed by atoms with Gasteiger partial charge in [-0.2, -0.15) is 13.2 Å². The molecule has 2 aliphatic carbocycles. The number of rotatable bonds is 4. The van der Waals surface area contributed by atoms with Crippen molar-refractivity contribution < 1.29 is 23.0 Å². The van der Waals surface area contributed by atoms with Crippen LogP contribution in [0.3, 0.4) is 0 Å². The summed E-state index contributed by atoms with van der Waals surface area (Å²) in [6, 6.07) is 6.15. The number of fused-ring (bicyclic) bond motifs is 3. The van der Waals surface area contributed by atoms with Crippen molar-refractivity contribution in [3.05, 3.63) is 59.4 Å². The summed E-state index contributed by atoms with van der Waals surface area (Å²) in [7, 11) is 1.65. The zero-order valence-corrected chi connectivity index (χ0v) is 13.7. The Morgan fingerprint density at radius 3 is 2.71 bits per heavy atom. The van der Waals surface area contributed by atoms with Crippen LogP contribution in [0.25, 0.3) is 0 Å². The van der Waals surface area contributed by atoms with Crippen molar-refractivity contribution in [3.63, 3.8) is 0 Å². The smallest absolute Gasteiger partial charge is 0.422 e. The molecule has 1 aromatic rings. The van der Waals surface area contributed by atoms with Crippen molar-refractivity contribution in [3.8, 4) is 0 Å². The fourth-order valence-electron chi connectivity index (χ4n) is 3.37. The highest BCUT2D eigenvalue weighted by atomic mass is 35.5. The lowest BCUT2D eigenvalue weighted by atomic mass is 9.80. The molecule has 0 aromatic heterocycles. The second-order valence-corrected chi connectivity index (χ2v) is 6.59. The molecular formula is C17H17ClF3NO2. The average molecular weight is 360 g/mol. The van der Waals surface area contributed by atoms with Crippen LogP contribution in [0.15, 0.2) is 48.3 Å². The quantitative estimate of drug-likeness (QED) is 0.832. The van der Waals surface area contributed by atoms with E-state index in [0.29, 0.717) is 17.9 Å². The monoisotopic (exact) mass is 359 g/mol. The molecule has 2 aliphatic rings. The Labute approximate surface area is 143 Å². The van der Waals surface area contributed by atoms with Gasteiger partial charge in [0.2, 0.25) is 0 Å². The second-order valence-electron chi connectivity index (χ2n) is 6.01. The van der Waals surface area contributed by atoms with Gasteiger partial charge in [0.15, 0.2) is 5.60 Å². The third-order valence-electron chi connectivity index (χ3n) is 4.51. The summed E-state index contributed by atoms with van der Waals surface area (Å²) in [6.45, 7) is 0.662. The van der Waals surface area contributed by atoms with Crippen molar-refractivity contribution in [1.82, 2.24) is 4.42 Å². The highest BCUT2D eigenvalue weighted by molar-refractivity contribution is 6.13. The number of halogens is 4. The maximum atomic E-state index is 13.7. The van der Waals surface area contributed by atoms with Crippen LogP contribution in [0.2, 0.25) is 0 Å². The molecule has 0 radical (unpaired) electrons. The average Bonchev–Trinajstić information content (AvgIpc) is 2.78. The molecule has 0 saturated heterocycles. The molecule has 3 unspecified atom stereocenters. The summed E-state index contributed by atoms with van der Waals surface area (Å²) in [5.74, 6) is -1.37. The Hall–Kier alpha value is -1.50. The summed E-state index contributed by atoms with van der Waals surface area (Å²) in [4.78, 5) is 0. The summed E-state index contributed by atoms with van der Waals surface area (Å²) < 4.78 is 48.0. The number of alkyl halides is 3. The molecule has 0 fully saturated rings. The van der Waals surface area contributed by atoms with Crippen molar-refractivity contribution in [2.45, 2.75) is 17.7 Å². The zero-order chi connectivity index (χ0) is 17.5. The van der Waals surface area contributed by atoms with Gasteiger partial charge in [0.1, 0.15) is 12.4 Å². The standard InChI is InChI=1S/C17H17ClF3NO2/c1-22(18)8-9-24-11-6-7-13-12-4-2-3-5-14(12)16(23,15(13)10-11)17(19,20)21/h2-7,10,13,15,23H,8-9H2,1H3. The third kappa shape index (κ3) is 2.72. The van der Waals surface area contributed by atoms with Crippen LogP contribution >= 0.6 is 11.8 Å². The number of ether oxygens (including phenoxy) is 1. The van der Waals surface area contributed by atoms with E-state index in [1.807, 2.05) is 0 Å². The SMILES string of the molecule is CN(Cl)CCOC1=CC2C(C=C1)c1ccccc1C2(O)C(F)(F)F. The van der Waals surface area contributed by atoms with Gasteiger partial charge in [0.25, 0.3) is 0 Å². The Morgan fingerprint density at radius 1 is 1.33 bits per heavy atom. The zero-order valence-electron chi connectivity index (χ0n) is 12.9. The van der Waals surface area contributed by atoms with E-state index in [9.17, 15) is 18.3 Å². The van der Waals surface area contributed by atoms with Gasteiger partial charge >= 0.3 is 6.18 Å². The van der Waals surface area contributed by atoms with E-state index in [0.717, 1.165) is 0 Å². The van der Waals surface area contributed by atoms with Crippen LogP contribution in [-0.2, 0) is 10.3 Å². The van der Waals surface area contributed by atoms with Crippen molar-refractivity contribution in [2.24, 2.45) is 5.92 Å². The number of hydrogen-bond donors (Lipinski definition) is 1. The first kappa shape index (κ1) is 17.3. The summed E-state index contributed by atoms with van der Waals surface area (Å²) in [5.41, 5.74) is -2.51. The van der Waals surface area contributed by atoms with Gasteiger partial charge in [-0.3, -0.25) is 0 Å². The number of hydrogen-bond acceptors (Lipinski definition) is 3. The molecule has 3 atom stereocenters. The summed E-state index contributed by atoms with van der Waals surface area (Å²) in [5, 5.41) is 10.6. The van der Waals surface area contributed by atoms with Crippen LogP contribution in [0, 0.1) is 5.92 Å². The molecule has 3 nitrogen and oxygen atoms in total. The van der Waals surface area contributed by atoms with E-state index >= 15 is 0 Å². The third-order valence-corrected chi connectivity index (χ3v) is 4.68. The van der Waals surface area contributed by atoms with Crippen LogP contribution in [0.1, 0.15) is 17.0 Å². The normalized spacial score (nSPS) is 28.5. The van der Waals surface area contributed by atoms with Crippen LogP contribution in [0.4, 0.5) is 13.2 Å². The largest absolute Gasteiger partial charge is 0.493 e. The van der Waals surface area contributed by atoms with Crippen molar-refractivity contribution in [1.29, 1.82) is 0 Å².